The molecule has 1 aromatic carbocycles. The van der Waals surface area contributed by atoms with E-state index in [2.05, 4.69) is 22.5 Å². The second-order valence-corrected chi connectivity index (χ2v) is 6.34. The van der Waals surface area contributed by atoms with Gasteiger partial charge in [0.05, 0.1) is 11.7 Å². The summed E-state index contributed by atoms with van der Waals surface area (Å²) in [4.78, 5) is 12.3. The molecule has 1 atom stereocenters. The smallest absolute Gasteiger partial charge is 0.244 e. The number of halogens is 1. The van der Waals surface area contributed by atoms with Crippen LogP contribution in [0.1, 0.15) is 35.7 Å². The number of carbonyl (C=O) groups is 1. The summed E-state index contributed by atoms with van der Waals surface area (Å²) in [6.07, 6.45) is 5.59. The fraction of sp³-hybridized carbons (Fsp3) is 0.333. The SMILES string of the molecule is Cc1nn(C)c(Cl)c1/C=C/C(=O)NC(c1ccccc1)C1CC1. The Morgan fingerprint density at radius 1 is 1.39 bits per heavy atom. The lowest BCUT2D eigenvalue weighted by Gasteiger charge is -2.17. The highest BCUT2D eigenvalue weighted by Crippen LogP contribution is 2.40. The monoisotopic (exact) mass is 329 g/mol. The molecular weight excluding hydrogens is 310 g/mol. The van der Waals surface area contributed by atoms with Crippen LogP contribution in [0.5, 0.6) is 0 Å². The maximum atomic E-state index is 12.3. The van der Waals surface area contributed by atoms with E-state index in [-0.39, 0.29) is 11.9 Å². The highest BCUT2D eigenvalue weighted by Gasteiger charge is 2.32. The molecule has 1 N–H and O–H groups in total. The van der Waals surface area contributed by atoms with E-state index in [9.17, 15) is 4.79 Å². The van der Waals surface area contributed by atoms with Gasteiger partial charge in [-0.3, -0.25) is 9.48 Å². The summed E-state index contributed by atoms with van der Waals surface area (Å²) in [7, 11) is 1.78. The fourth-order valence-corrected chi connectivity index (χ4v) is 3.00. The molecule has 120 valence electrons. The average molecular weight is 330 g/mol. The quantitative estimate of drug-likeness (QED) is 0.851. The molecule has 23 heavy (non-hydrogen) atoms. The maximum absolute atomic E-state index is 12.3. The van der Waals surface area contributed by atoms with Gasteiger partial charge in [0.2, 0.25) is 5.91 Å². The minimum Gasteiger partial charge on any atom is -0.345 e. The largest absolute Gasteiger partial charge is 0.345 e. The summed E-state index contributed by atoms with van der Waals surface area (Å²) in [5, 5.41) is 7.89. The first-order valence-corrected chi connectivity index (χ1v) is 8.16. The predicted molar refractivity (Wildman–Crippen MR) is 92.0 cm³/mol. The van der Waals surface area contributed by atoms with Crippen molar-refractivity contribution in [2.75, 3.05) is 0 Å². The van der Waals surface area contributed by atoms with Crippen molar-refractivity contribution in [2.45, 2.75) is 25.8 Å². The van der Waals surface area contributed by atoms with E-state index in [1.165, 1.54) is 6.08 Å². The number of aromatic nitrogens is 2. The molecule has 4 nitrogen and oxygen atoms in total. The van der Waals surface area contributed by atoms with Crippen LogP contribution in [0, 0.1) is 12.8 Å². The van der Waals surface area contributed by atoms with E-state index in [1.54, 1.807) is 17.8 Å². The summed E-state index contributed by atoms with van der Waals surface area (Å²) in [5.74, 6) is 0.434. The molecule has 1 amide bonds. The van der Waals surface area contributed by atoms with Crippen molar-refractivity contribution in [2.24, 2.45) is 13.0 Å². The van der Waals surface area contributed by atoms with Gasteiger partial charge in [-0.15, -0.1) is 0 Å². The molecule has 1 aromatic heterocycles. The molecule has 0 saturated heterocycles. The molecule has 0 radical (unpaired) electrons. The standard InChI is InChI=1S/C18H20ClN3O/c1-12-15(18(19)22(2)21-12)10-11-16(23)20-17(14-8-9-14)13-6-4-3-5-7-13/h3-7,10-11,14,17H,8-9H2,1-2H3,(H,20,23)/b11-10+. The third-order valence-corrected chi connectivity index (χ3v) is 4.60. The molecule has 1 heterocycles. The van der Waals surface area contributed by atoms with Gasteiger partial charge >= 0.3 is 0 Å². The third kappa shape index (κ3) is 3.64. The number of hydrogen-bond acceptors (Lipinski definition) is 2. The van der Waals surface area contributed by atoms with Gasteiger partial charge in [-0.2, -0.15) is 5.10 Å². The Bertz CT molecular complexity index is 732. The highest BCUT2D eigenvalue weighted by molar-refractivity contribution is 6.31. The Labute approximate surface area is 141 Å². The second kappa shape index (κ2) is 6.59. The maximum Gasteiger partial charge on any atom is 0.244 e. The van der Waals surface area contributed by atoms with Crippen molar-refractivity contribution >= 4 is 23.6 Å². The zero-order valence-electron chi connectivity index (χ0n) is 13.3. The number of amides is 1. The van der Waals surface area contributed by atoms with Gasteiger partial charge in [0.1, 0.15) is 5.15 Å². The van der Waals surface area contributed by atoms with Gasteiger partial charge in [-0.1, -0.05) is 41.9 Å². The van der Waals surface area contributed by atoms with Crippen LogP contribution in [-0.2, 0) is 11.8 Å². The Balaban J connectivity index is 1.71. The van der Waals surface area contributed by atoms with E-state index >= 15 is 0 Å². The Hall–Kier alpha value is -2.07. The number of nitrogens with zero attached hydrogens (tertiary/aromatic N) is 2. The lowest BCUT2D eigenvalue weighted by atomic mass is 10.0. The van der Waals surface area contributed by atoms with Crippen molar-refractivity contribution in [3.05, 3.63) is 58.4 Å². The van der Waals surface area contributed by atoms with Crippen molar-refractivity contribution in [1.29, 1.82) is 0 Å². The first-order chi connectivity index (χ1) is 11.1. The topological polar surface area (TPSA) is 46.9 Å². The normalized spacial score (nSPS) is 15.8. The molecule has 1 saturated carbocycles. The molecular formula is C18H20ClN3O. The van der Waals surface area contributed by atoms with Gasteiger partial charge in [-0.05, 0) is 37.3 Å². The molecule has 3 rings (SSSR count). The lowest BCUT2D eigenvalue weighted by Crippen LogP contribution is -2.28. The lowest BCUT2D eigenvalue weighted by molar-refractivity contribution is -0.117. The average Bonchev–Trinajstić information content (AvgIpc) is 3.34. The summed E-state index contributed by atoms with van der Waals surface area (Å²) in [5.41, 5.74) is 2.75. The van der Waals surface area contributed by atoms with Gasteiger partial charge in [0.25, 0.3) is 0 Å². The molecule has 0 aliphatic heterocycles. The number of rotatable bonds is 5. The summed E-state index contributed by atoms with van der Waals surface area (Å²) < 4.78 is 1.60. The highest BCUT2D eigenvalue weighted by atomic mass is 35.5. The molecule has 1 fully saturated rings. The van der Waals surface area contributed by atoms with Crippen LogP contribution in [0.2, 0.25) is 5.15 Å². The summed E-state index contributed by atoms with van der Waals surface area (Å²) in [6.45, 7) is 1.88. The van der Waals surface area contributed by atoms with Crippen molar-refractivity contribution in [3.63, 3.8) is 0 Å². The number of nitrogens with one attached hydrogen (secondary N) is 1. The van der Waals surface area contributed by atoms with Crippen LogP contribution in [0.3, 0.4) is 0 Å². The van der Waals surface area contributed by atoms with Crippen molar-refractivity contribution in [1.82, 2.24) is 15.1 Å². The zero-order valence-corrected chi connectivity index (χ0v) is 14.0. The molecule has 5 heteroatoms. The van der Waals surface area contributed by atoms with E-state index in [0.29, 0.717) is 11.1 Å². The molecule has 0 spiro atoms. The second-order valence-electron chi connectivity index (χ2n) is 5.98. The predicted octanol–water partition coefficient (Wildman–Crippen LogP) is 3.66. The van der Waals surface area contributed by atoms with E-state index in [1.807, 2.05) is 25.1 Å². The first-order valence-electron chi connectivity index (χ1n) is 7.79. The number of hydrogen-bond donors (Lipinski definition) is 1. The molecule has 1 unspecified atom stereocenters. The van der Waals surface area contributed by atoms with Crippen LogP contribution in [0.15, 0.2) is 36.4 Å². The number of aryl methyl sites for hydroxylation is 2. The Kier molecular flexibility index (Phi) is 4.53. The van der Waals surface area contributed by atoms with Crippen LogP contribution < -0.4 is 5.32 Å². The van der Waals surface area contributed by atoms with Crippen LogP contribution >= 0.6 is 11.6 Å². The third-order valence-electron chi connectivity index (χ3n) is 4.15. The van der Waals surface area contributed by atoms with Crippen LogP contribution in [-0.4, -0.2) is 15.7 Å². The van der Waals surface area contributed by atoms with Crippen molar-refractivity contribution in [3.8, 4) is 0 Å². The van der Waals surface area contributed by atoms with Crippen LogP contribution in [0.4, 0.5) is 0 Å². The minimum absolute atomic E-state index is 0.0822. The van der Waals surface area contributed by atoms with Crippen molar-refractivity contribution < 1.29 is 4.79 Å². The minimum atomic E-state index is -0.106. The molecule has 1 aliphatic carbocycles. The van der Waals surface area contributed by atoms with Gasteiger partial charge < -0.3 is 5.32 Å². The molecule has 2 aromatic rings. The van der Waals surface area contributed by atoms with Gasteiger partial charge in [-0.25, -0.2) is 0 Å². The summed E-state index contributed by atoms with van der Waals surface area (Å²) >= 11 is 6.18. The number of carbonyl (C=O) groups excluding carboxylic acids is 1. The molecule has 0 bridgehead atoms. The molecule has 1 aliphatic rings. The zero-order chi connectivity index (χ0) is 16.4. The Morgan fingerprint density at radius 2 is 2.09 bits per heavy atom. The first kappa shape index (κ1) is 15.8. The Morgan fingerprint density at radius 3 is 2.65 bits per heavy atom. The number of benzene rings is 1. The van der Waals surface area contributed by atoms with Crippen LogP contribution in [0.25, 0.3) is 6.08 Å². The van der Waals surface area contributed by atoms with Gasteiger partial charge in [0, 0.05) is 18.7 Å². The van der Waals surface area contributed by atoms with E-state index < -0.39 is 0 Å². The summed E-state index contributed by atoms with van der Waals surface area (Å²) in [6, 6.07) is 10.2. The van der Waals surface area contributed by atoms with E-state index in [0.717, 1.165) is 29.7 Å². The van der Waals surface area contributed by atoms with Gasteiger partial charge in [0.15, 0.2) is 0 Å². The van der Waals surface area contributed by atoms with E-state index in [4.69, 9.17) is 11.6 Å². The fourth-order valence-electron chi connectivity index (χ4n) is 2.76.